The largest absolute Gasteiger partial charge is 0.484 e. The molecule has 0 aliphatic carbocycles. The molecule has 1 N–H and O–H groups in total. The van der Waals surface area contributed by atoms with Crippen molar-refractivity contribution < 1.29 is 24.0 Å². The van der Waals surface area contributed by atoms with Crippen molar-refractivity contribution in [1.29, 1.82) is 0 Å². The van der Waals surface area contributed by atoms with Gasteiger partial charge in [0.2, 0.25) is 0 Å². The van der Waals surface area contributed by atoms with E-state index in [0.717, 1.165) is 5.52 Å². The number of hydrazone groups is 1. The molecular formula is C24H20N4O6. The average Bonchev–Trinajstić information content (AvgIpc) is 3.17. The lowest BCUT2D eigenvalue weighted by Gasteiger charge is -2.06. The van der Waals surface area contributed by atoms with Crippen LogP contribution in [0, 0.1) is 10.1 Å². The van der Waals surface area contributed by atoms with Gasteiger partial charge in [-0.15, -0.1) is 0 Å². The second kappa shape index (κ2) is 9.82. The summed E-state index contributed by atoms with van der Waals surface area (Å²) in [6, 6.07) is 16.5. The molecule has 0 radical (unpaired) electrons. The normalized spacial score (nSPS) is 11.1. The molecule has 0 atom stereocenters. The van der Waals surface area contributed by atoms with Crippen LogP contribution in [0.4, 0.5) is 5.69 Å². The number of benzene rings is 2. The summed E-state index contributed by atoms with van der Waals surface area (Å²) in [5.41, 5.74) is 4.63. The number of nitrogens with one attached hydrogen (secondary N) is 1. The van der Waals surface area contributed by atoms with Gasteiger partial charge in [-0.25, -0.2) is 10.2 Å². The molecule has 0 bridgehead atoms. The van der Waals surface area contributed by atoms with Crippen molar-refractivity contribution in [3.8, 4) is 5.75 Å². The molecule has 10 nitrogen and oxygen atoms in total. The number of nitro benzene ring substituents is 1. The van der Waals surface area contributed by atoms with Gasteiger partial charge in [-0.3, -0.25) is 14.9 Å². The Bertz CT molecular complexity index is 1430. The fraction of sp³-hybridized carbons (Fsp3) is 0.125. The minimum Gasteiger partial charge on any atom is -0.484 e. The number of carbonyl (C=O) groups excluding carboxylic acids is 2. The highest BCUT2D eigenvalue weighted by Gasteiger charge is 2.19. The van der Waals surface area contributed by atoms with Crippen LogP contribution in [-0.4, -0.2) is 40.6 Å². The van der Waals surface area contributed by atoms with E-state index in [1.165, 1.54) is 24.4 Å². The number of fused-ring (bicyclic) bond motifs is 3. The van der Waals surface area contributed by atoms with Crippen LogP contribution in [0.3, 0.4) is 0 Å². The molecule has 172 valence electrons. The van der Waals surface area contributed by atoms with E-state index >= 15 is 0 Å². The molecule has 4 rings (SSSR count). The summed E-state index contributed by atoms with van der Waals surface area (Å²) >= 11 is 0. The zero-order chi connectivity index (χ0) is 24.1. The third kappa shape index (κ3) is 4.70. The maximum atomic E-state index is 12.5. The number of esters is 1. The lowest BCUT2D eigenvalue weighted by Crippen LogP contribution is -2.24. The number of nitro groups is 1. The first-order valence-electron chi connectivity index (χ1n) is 10.4. The van der Waals surface area contributed by atoms with Gasteiger partial charge in [0.1, 0.15) is 5.75 Å². The maximum absolute atomic E-state index is 12.5. The number of carbonyl (C=O) groups is 2. The van der Waals surface area contributed by atoms with Crippen LogP contribution >= 0.6 is 0 Å². The predicted molar refractivity (Wildman–Crippen MR) is 125 cm³/mol. The Kier molecular flexibility index (Phi) is 6.49. The van der Waals surface area contributed by atoms with E-state index in [1.807, 2.05) is 28.8 Å². The number of aromatic nitrogens is 1. The molecule has 10 heteroatoms. The SMILES string of the molecule is CCOC(=O)c1c2ccc(OCC(=O)NN=Cc3cccc([N+](=O)[O-])c3)cc2n2ccccc12. The minimum absolute atomic E-state index is 0.0713. The van der Waals surface area contributed by atoms with Gasteiger partial charge in [-0.1, -0.05) is 18.2 Å². The van der Waals surface area contributed by atoms with Crippen LogP contribution in [0.1, 0.15) is 22.8 Å². The zero-order valence-corrected chi connectivity index (χ0v) is 18.1. The van der Waals surface area contributed by atoms with Gasteiger partial charge in [0, 0.05) is 35.3 Å². The van der Waals surface area contributed by atoms with Gasteiger partial charge in [0.15, 0.2) is 6.61 Å². The minimum atomic E-state index is -0.509. The topological polar surface area (TPSA) is 125 Å². The van der Waals surface area contributed by atoms with Crippen molar-refractivity contribution >= 4 is 40.2 Å². The highest BCUT2D eigenvalue weighted by Crippen LogP contribution is 2.30. The summed E-state index contributed by atoms with van der Waals surface area (Å²) in [4.78, 5) is 34.9. The summed E-state index contributed by atoms with van der Waals surface area (Å²) in [6.45, 7) is 1.72. The summed E-state index contributed by atoms with van der Waals surface area (Å²) in [6.07, 6.45) is 3.14. The predicted octanol–water partition coefficient (Wildman–Crippen LogP) is 3.71. The smallest absolute Gasteiger partial charge is 0.340 e. The molecule has 2 aromatic heterocycles. The first kappa shape index (κ1) is 22.5. The average molecular weight is 460 g/mol. The number of hydrogen-bond acceptors (Lipinski definition) is 7. The van der Waals surface area contributed by atoms with E-state index in [0.29, 0.717) is 27.8 Å². The van der Waals surface area contributed by atoms with Crippen molar-refractivity contribution in [3.63, 3.8) is 0 Å². The van der Waals surface area contributed by atoms with E-state index in [1.54, 1.807) is 31.2 Å². The number of non-ortho nitro benzene ring substituents is 1. The molecule has 0 aliphatic heterocycles. The maximum Gasteiger partial charge on any atom is 0.340 e. The Balaban J connectivity index is 1.46. The number of pyridine rings is 1. The quantitative estimate of drug-likeness (QED) is 0.185. The summed E-state index contributed by atoms with van der Waals surface area (Å²) < 4.78 is 12.7. The van der Waals surface area contributed by atoms with Gasteiger partial charge in [-0.05, 0) is 31.2 Å². The molecule has 0 spiro atoms. The van der Waals surface area contributed by atoms with Crippen LogP contribution in [0.15, 0.2) is 72.0 Å². The Hall–Kier alpha value is -4.73. The van der Waals surface area contributed by atoms with Gasteiger partial charge in [-0.2, -0.15) is 5.10 Å². The van der Waals surface area contributed by atoms with E-state index in [-0.39, 0.29) is 18.9 Å². The number of amides is 1. The zero-order valence-electron chi connectivity index (χ0n) is 18.1. The van der Waals surface area contributed by atoms with E-state index < -0.39 is 16.8 Å². The molecule has 2 heterocycles. The summed E-state index contributed by atoms with van der Waals surface area (Å²) in [5.74, 6) is -0.478. The second-order valence-corrected chi connectivity index (χ2v) is 7.16. The standard InChI is InChI=1S/C24H20N4O6/c1-2-33-24(30)23-19-10-9-18(13-21(19)27-11-4-3-8-20(23)27)34-15-22(29)26-25-14-16-6-5-7-17(12-16)28(31)32/h3-14H,2,15H2,1H3,(H,26,29). The summed E-state index contributed by atoms with van der Waals surface area (Å²) in [7, 11) is 0. The molecule has 0 fully saturated rings. The van der Waals surface area contributed by atoms with Crippen LogP contribution < -0.4 is 10.2 Å². The molecule has 1 amide bonds. The first-order chi connectivity index (χ1) is 16.5. The fourth-order valence-electron chi connectivity index (χ4n) is 3.50. The molecule has 2 aromatic carbocycles. The van der Waals surface area contributed by atoms with Crippen LogP contribution in [0.25, 0.3) is 16.4 Å². The number of ether oxygens (including phenoxy) is 2. The van der Waals surface area contributed by atoms with E-state index in [9.17, 15) is 19.7 Å². The van der Waals surface area contributed by atoms with Gasteiger partial charge in [0.05, 0.1) is 34.3 Å². The van der Waals surface area contributed by atoms with Crippen molar-refractivity contribution in [1.82, 2.24) is 9.83 Å². The molecule has 0 saturated carbocycles. The Morgan fingerprint density at radius 2 is 1.97 bits per heavy atom. The highest BCUT2D eigenvalue weighted by atomic mass is 16.6. The van der Waals surface area contributed by atoms with Gasteiger partial charge in [0.25, 0.3) is 11.6 Å². The lowest BCUT2D eigenvalue weighted by molar-refractivity contribution is -0.384. The lowest BCUT2D eigenvalue weighted by atomic mass is 10.1. The number of hydrogen-bond donors (Lipinski definition) is 1. The van der Waals surface area contributed by atoms with Gasteiger partial charge >= 0.3 is 5.97 Å². The molecular weight excluding hydrogens is 440 g/mol. The second-order valence-electron chi connectivity index (χ2n) is 7.16. The molecule has 0 unspecified atom stereocenters. The van der Waals surface area contributed by atoms with Crippen LogP contribution in [0.5, 0.6) is 5.75 Å². The molecule has 0 aliphatic rings. The first-order valence-corrected chi connectivity index (χ1v) is 10.4. The highest BCUT2D eigenvalue weighted by molar-refractivity contribution is 6.12. The van der Waals surface area contributed by atoms with Crippen molar-refractivity contribution in [2.24, 2.45) is 5.10 Å². The third-order valence-corrected chi connectivity index (χ3v) is 4.95. The van der Waals surface area contributed by atoms with Crippen LogP contribution in [-0.2, 0) is 9.53 Å². The van der Waals surface area contributed by atoms with Crippen molar-refractivity contribution in [3.05, 3.63) is 88.1 Å². The summed E-state index contributed by atoms with van der Waals surface area (Å²) in [5, 5.41) is 15.3. The Morgan fingerprint density at radius 1 is 1.12 bits per heavy atom. The molecule has 34 heavy (non-hydrogen) atoms. The Labute approximate surface area is 193 Å². The van der Waals surface area contributed by atoms with E-state index in [2.05, 4.69) is 10.5 Å². The third-order valence-electron chi connectivity index (χ3n) is 4.95. The van der Waals surface area contributed by atoms with Gasteiger partial charge < -0.3 is 13.9 Å². The monoisotopic (exact) mass is 460 g/mol. The number of nitrogens with zero attached hydrogens (tertiary/aromatic N) is 3. The number of rotatable bonds is 8. The van der Waals surface area contributed by atoms with Crippen LogP contribution in [0.2, 0.25) is 0 Å². The van der Waals surface area contributed by atoms with E-state index in [4.69, 9.17) is 9.47 Å². The Morgan fingerprint density at radius 3 is 2.76 bits per heavy atom. The fourth-order valence-corrected chi connectivity index (χ4v) is 3.50. The van der Waals surface area contributed by atoms with Crippen molar-refractivity contribution in [2.45, 2.75) is 6.92 Å². The molecule has 4 aromatic rings. The van der Waals surface area contributed by atoms with Crippen molar-refractivity contribution in [2.75, 3.05) is 13.2 Å². The molecule has 0 saturated heterocycles.